The van der Waals surface area contributed by atoms with Crippen LogP contribution >= 0.6 is 0 Å². The Balaban J connectivity index is 2.12. The van der Waals surface area contributed by atoms with Gasteiger partial charge < -0.3 is 0 Å². The molecule has 1 heterocycles. The third-order valence-electron chi connectivity index (χ3n) is 3.31. The minimum Gasteiger partial charge on any atom is -0.298 e. The number of carbonyl (C=O) groups is 1. The molecule has 0 unspecified atom stereocenters. The van der Waals surface area contributed by atoms with Gasteiger partial charge in [0.15, 0.2) is 6.29 Å². The van der Waals surface area contributed by atoms with Crippen LogP contribution in [-0.4, -0.2) is 11.3 Å². The monoisotopic (exact) mass is 295 g/mol. The van der Waals surface area contributed by atoms with Gasteiger partial charge in [-0.2, -0.15) is 0 Å². The van der Waals surface area contributed by atoms with Crippen molar-refractivity contribution in [3.05, 3.63) is 77.9 Å². The Morgan fingerprint density at radius 2 is 1.27 bits per heavy atom. The summed E-state index contributed by atoms with van der Waals surface area (Å²) >= 11 is 0. The molecule has 3 aromatic rings. The van der Waals surface area contributed by atoms with Gasteiger partial charge in [0.25, 0.3) is 0 Å². The highest BCUT2D eigenvalue weighted by Gasteiger charge is 2.09. The second-order valence-electron chi connectivity index (χ2n) is 4.77. The SMILES string of the molecule is O=Cc1ccc(-c2ccc(F)cc2)nc1-c1ccc(F)cc1. The van der Waals surface area contributed by atoms with E-state index in [4.69, 9.17) is 0 Å². The standard InChI is InChI=1S/C18H11F2NO/c19-15-6-1-12(2-7-15)17-10-5-14(11-22)18(21-17)13-3-8-16(20)9-4-13/h1-11H. The average Bonchev–Trinajstić information content (AvgIpc) is 2.56. The molecule has 0 N–H and O–H groups in total. The largest absolute Gasteiger partial charge is 0.298 e. The second kappa shape index (κ2) is 5.85. The molecule has 0 radical (unpaired) electrons. The van der Waals surface area contributed by atoms with Crippen molar-refractivity contribution in [1.82, 2.24) is 4.98 Å². The number of aldehydes is 1. The maximum Gasteiger partial charge on any atom is 0.152 e. The molecule has 22 heavy (non-hydrogen) atoms. The fourth-order valence-corrected chi connectivity index (χ4v) is 2.19. The Bertz CT molecular complexity index is 811. The Labute approximate surface area is 126 Å². The van der Waals surface area contributed by atoms with E-state index in [9.17, 15) is 13.6 Å². The molecular weight excluding hydrogens is 284 g/mol. The smallest absolute Gasteiger partial charge is 0.152 e. The first kappa shape index (κ1) is 14.1. The van der Waals surface area contributed by atoms with E-state index in [1.165, 1.54) is 24.3 Å². The molecule has 0 bridgehead atoms. The molecule has 1 aromatic heterocycles. The number of carbonyl (C=O) groups excluding carboxylic acids is 1. The summed E-state index contributed by atoms with van der Waals surface area (Å²) in [5, 5.41) is 0. The lowest BCUT2D eigenvalue weighted by molar-refractivity contribution is 0.112. The van der Waals surface area contributed by atoms with Crippen molar-refractivity contribution >= 4 is 6.29 Å². The Kier molecular flexibility index (Phi) is 3.74. The maximum atomic E-state index is 13.0. The van der Waals surface area contributed by atoms with Crippen LogP contribution in [0.2, 0.25) is 0 Å². The van der Waals surface area contributed by atoms with Crippen molar-refractivity contribution in [2.45, 2.75) is 0 Å². The van der Waals surface area contributed by atoms with E-state index in [0.29, 0.717) is 28.8 Å². The lowest BCUT2D eigenvalue weighted by Crippen LogP contribution is -1.94. The first-order valence-electron chi connectivity index (χ1n) is 6.65. The number of benzene rings is 2. The highest BCUT2D eigenvalue weighted by molar-refractivity contribution is 5.86. The molecule has 0 saturated carbocycles. The zero-order valence-corrected chi connectivity index (χ0v) is 11.5. The summed E-state index contributed by atoms with van der Waals surface area (Å²) in [6.07, 6.45) is 0.708. The fraction of sp³-hybridized carbons (Fsp3) is 0. The minimum atomic E-state index is -0.355. The van der Waals surface area contributed by atoms with Crippen LogP contribution in [-0.2, 0) is 0 Å². The summed E-state index contributed by atoms with van der Waals surface area (Å²) in [5.41, 5.74) is 2.88. The average molecular weight is 295 g/mol. The quantitative estimate of drug-likeness (QED) is 0.666. The van der Waals surface area contributed by atoms with Gasteiger partial charge in [0.2, 0.25) is 0 Å². The molecule has 0 atom stereocenters. The van der Waals surface area contributed by atoms with Crippen molar-refractivity contribution in [3.8, 4) is 22.5 Å². The van der Waals surface area contributed by atoms with Gasteiger partial charge in [-0.25, -0.2) is 13.8 Å². The van der Waals surface area contributed by atoms with Gasteiger partial charge >= 0.3 is 0 Å². The van der Waals surface area contributed by atoms with Crippen LogP contribution in [0.5, 0.6) is 0 Å². The molecule has 0 fully saturated rings. The molecule has 108 valence electrons. The van der Waals surface area contributed by atoms with Gasteiger partial charge in [-0.15, -0.1) is 0 Å². The molecule has 0 amide bonds. The van der Waals surface area contributed by atoms with Gasteiger partial charge in [-0.1, -0.05) is 0 Å². The van der Waals surface area contributed by atoms with Crippen molar-refractivity contribution in [2.75, 3.05) is 0 Å². The van der Waals surface area contributed by atoms with Crippen molar-refractivity contribution in [2.24, 2.45) is 0 Å². The number of rotatable bonds is 3. The van der Waals surface area contributed by atoms with E-state index in [1.807, 2.05) is 0 Å². The van der Waals surface area contributed by atoms with E-state index >= 15 is 0 Å². The van der Waals surface area contributed by atoms with E-state index < -0.39 is 0 Å². The van der Waals surface area contributed by atoms with Gasteiger partial charge in [-0.05, 0) is 60.7 Å². The molecule has 0 aliphatic rings. The summed E-state index contributed by atoms with van der Waals surface area (Å²) in [4.78, 5) is 15.7. The van der Waals surface area contributed by atoms with Crippen molar-refractivity contribution in [1.29, 1.82) is 0 Å². The molecule has 2 nitrogen and oxygen atoms in total. The van der Waals surface area contributed by atoms with Crippen molar-refractivity contribution in [3.63, 3.8) is 0 Å². The Hall–Kier alpha value is -2.88. The first-order chi connectivity index (χ1) is 10.7. The van der Waals surface area contributed by atoms with Crippen LogP contribution in [0, 0.1) is 11.6 Å². The third kappa shape index (κ3) is 2.76. The van der Waals surface area contributed by atoms with Crippen LogP contribution in [0.15, 0.2) is 60.7 Å². The summed E-state index contributed by atoms with van der Waals surface area (Å²) in [6, 6.07) is 15.1. The fourth-order valence-electron chi connectivity index (χ4n) is 2.19. The lowest BCUT2D eigenvalue weighted by Gasteiger charge is -2.08. The van der Waals surface area contributed by atoms with Crippen LogP contribution in [0.3, 0.4) is 0 Å². The lowest BCUT2D eigenvalue weighted by atomic mass is 10.0. The van der Waals surface area contributed by atoms with E-state index in [1.54, 1.807) is 36.4 Å². The number of aromatic nitrogens is 1. The Morgan fingerprint density at radius 3 is 1.82 bits per heavy atom. The first-order valence-corrected chi connectivity index (χ1v) is 6.65. The molecule has 0 aliphatic heterocycles. The van der Waals surface area contributed by atoms with E-state index in [-0.39, 0.29) is 11.6 Å². The molecular formula is C18H11F2NO. The Morgan fingerprint density at radius 1 is 0.727 bits per heavy atom. The van der Waals surface area contributed by atoms with E-state index in [2.05, 4.69) is 4.98 Å². The number of hydrogen-bond acceptors (Lipinski definition) is 2. The van der Waals surface area contributed by atoms with Crippen LogP contribution < -0.4 is 0 Å². The highest BCUT2D eigenvalue weighted by atomic mass is 19.1. The molecule has 2 aromatic carbocycles. The predicted octanol–water partition coefficient (Wildman–Crippen LogP) is 4.51. The van der Waals surface area contributed by atoms with Gasteiger partial charge in [0, 0.05) is 16.7 Å². The number of pyridine rings is 1. The third-order valence-corrected chi connectivity index (χ3v) is 3.31. The molecule has 0 aliphatic carbocycles. The van der Waals surface area contributed by atoms with Gasteiger partial charge in [0.1, 0.15) is 11.6 Å². The summed E-state index contributed by atoms with van der Waals surface area (Å²) in [5.74, 6) is -0.682. The predicted molar refractivity (Wildman–Crippen MR) is 80.4 cm³/mol. The molecule has 4 heteroatoms. The van der Waals surface area contributed by atoms with Gasteiger partial charge in [-0.3, -0.25) is 4.79 Å². The van der Waals surface area contributed by atoms with Crippen LogP contribution in [0.25, 0.3) is 22.5 Å². The highest BCUT2D eigenvalue weighted by Crippen LogP contribution is 2.25. The molecule has 0 spiro atoms. The van der Waals surface area contributed by atoms with Gasteiger partial charge in [0.05, 0.1) is 11.4 Å². The zero-order valence-electron chi connectivity index (χ0n) is 11.5. The normalized spacial score (nSPS) is 10.5. The molecule has 3 rings (SSSR count). The maximum absolute atomic E-state index is 13.0. The molecule has 0 saturated heterocycles. The van der Waals surface area contributed by atoms with Crippen LogP contribution in [0.1, 0.15) is 10.4 Å². The zero-order chi connectivity index (χ0) is 15.5. The topological polar surface area (TPSA) is 30.0 Å². The summed E-state index contributed by atoms with van der Waals surface area (Å²) in [6.45, 7) is 0. The second-order valence-corrected chi connectivity index (χ2v) is 4.77. The van der Waals surface area contributed by atoms with Crippen molar-refractivity contribution < 1.29 is 13.6 Å². The minimum absolute atomic E-state index is 0.327. The number of nitrogens with zero attached hydrogens (tertiary/aromatic N) is 1. The summed E-state index contributed by atoms with van der Waals surface area (Å²) in [7, 11) is 0. The summed E-state index contributed by atoms with van der Waals surface area (Å²) < 4.78 is 26.0. The van der Waals surface area contributed by atoms with Crippen LogP contribution in [0.4, 0.5) is 8.78 Å². The number of halogens is 2. The number of hydrogen-bond donors (Lipinski definition) is 0. The van der Waals surface area contributed by atoms with E-state index in [0.717, 1.165) is 5.56 Å².